The zero-order chi connectivity index (χ0) is 11.1. The topological polar surface area (TPSA) is 75.9 Å². The van der Waals surface area contributed by atoms with Gasteiger partial charge in [0.15, 0.2) is 0 Å². The van der Waals surface area contributed by atoms with Crippen molar-refractivity contribution in [3.05, 3.63) is 11.9 Å². The second kappa shape index (κ2) is 6.47. The Morgan fingerprint density at radius 2 is 2.13 bits per heavy atom. The molecule has 1 heterocycles. The van der Waals surface area contributed by atoms with Crippen LogP contribution < -0.4 is 16.6 Å². The largest absolute Gasteiger partial charge is 0.369 e. The van der Waals surface area contributed by atoms with E-state index in [2.05, 4.69) is 33.9 Å². The number of hydrogen-bond donors (Lipinski definition) is 3. The minimum Gasteiger partial charge on any atom is -0.369 e. The second-order valence-electron chi connectivity index (χ2n) is 2.97. The Morgan fingerprint density at radius 3 is 2.73 bits per heavy atom. The van der Waals surface area contributed by atoms with Gasteiger partial charge in [-0.15, -0.1) is 0 Å². The average Bonchev–Trinajstić information content (AvgIpc) is 2.29. The number of hydrogen-bond acceptors (Lipinski definition) is 6. The first kappa shape index (κ1) is 12.1. The van der Waals surface area contributed by atoms with Crippen LogP contribution in [-0.4, -0.2) is 28.5 Å². The van der Waals surface area contributed by atoms with Gasteiger partial charge >= 0.3 is 0 Å². The van der Waals surface area contributed by atoms with E-state index >= 15 is 0 Å². The van der Waals surface area contributed by atoms with E-state index in [1.54, 1.807) is 11.8 Å². The molecule has 1 aromatic heterocycles. The molecule has 1 aromatic rings. The quantitative estimate of drug-likeness (QED) is 0.384. The van der Waals surface area contributed by atoms with Crippen molar-refractivity contribution in [1.82, 2.24) is 9.97 Å². The van der Waals surface area contributed by atoms with Crippen LogP contribution in [0.4, 0.5) is 11.6 Å². The molecule has 0 atom stereocenters. The zero-order valence-corrected chi connectivity index (χ0v) is 9.90. The molecule has 1 rings (SSSR count). The summed E-state index contributed by atoms with van der Waals surface area (Å²) in [6.45, 7) is 2.95. The maximum atomic E-state index is 5.38. The number of nitrogens with one attached hydrogen (secondary N) is 2. The van der Waals surface area contributed by atoms with Crippen LogP contribution in [0.5, 0.6) is 0 Å². The highest BCUT2D eigenvalue weighted by molar-refractivity contribution is 7.98. The van der Waals surface area contributed by atoms with Gasteiger partial charge in [-0.2, -0.15) is 11.8 Å². The SMILES string of the molecule is CCc1c(NN)ncnc1NCCSC. The molecule has 0 saturated carbocycles. The van der Waals surface area contributed by atoms with Crippen molar-refractivity contribution in [3.63, 3.8) is 0 Å². The lowest BCUT2D eigenvalue weighted by atomic mass is 10.2. The molecule has 0 aliphatic carbocycles. The Morgan fingerprint density at radius 1 is 1.40 bits per heavy atom. The summed E-state index contributed by atoms with van der Waals surface area (Å²) in [5.41, 5.74) is 3.61. The number of nitrogens with zero attached hydrogens (tertiary/aromatic N) is 2. The first-order valence-corrected chi connectivity index (χ1v) is 6.26. The molecule has 15 heavy (non-hydrogen) atoms. The number of nitrogen functional groups attached to an aromatic ring is 1. The molecule has 0 fully saturated rings. The first-order chi connectivity index (χ1) is 7.33. The van der Waals surface area contributed by atoms with Crippen molar-refractivity contribution in [2.45, 2.75) is 13.3 Å². The summed E-state index contributed by atoms with van der Waals surface area (Å²) in [7, 11) is 0. The molecule has 0 spiro atoms. The number of hydrazine groups is 1. The smallest absolute Gasteiger partial charge is 0.148 e. The molecule has 4 N–H and O–H groups in total. The lowest BCUT2D eigenvalue weighted by Crippen LogP contribution is -2.14. The summed E-state index contributed by atoms with van der Waals surface area (Å²) in [4.78, 5) is 8.27. The Kier molecular flexibility index (Phi) is 5.20. The number of nitrogens with two attached hydrogens (primary N) is 1. The van der Waals surface area contributed by atoms with E-state index in [0.717, 1.165) is 30.1 Å². The fourth-order valence-corrected chi connectivity index (χ4v) is 1.60. The van der Waals surface area contributed by atoms with Crippen LogP contribution in [0.3, 0.4) is 0 Å². The summed E-state index contributed by atoms with van der Waals surface area (Å²) in [6.07, 6.45) is 4.44. The summed E-state index contributed by atoms with van der Waals surface area (Å²) >= 11 is 1.80. The molecular formula is C9H17N5S. The van der Waals surface area contributed by atoms with Crippen molar-refractivity contribution in [2.24, 2.45) is 5.84 Å². The van der Waals surface area contributed by atoms with Crippen LogP contribution in [0.15, 0.2) is 6.33 Å². The van der Waals surface area contributed by atoms with Crippen molar-refractivity contribution in [3.8, 4) is 0 Å². The van der Waals surface area contributed by atoms with Crippen molar-refractivity contribution in [1.29, 1.82) is 0 Å². The number of thioether (sulfide) groups is 1. The Labute approximate surface area is 94.2 Å². The minimum absolute atomic E-state index is 0.694. The highest BCUT2D eigenvalue weighted by Gasteiger charge is 2.07. The standard InChI is InChI=1S/C9H17N5S/c1-3-7-8(11-4-5-15-2)12-6-13-9(7)14-10/h6H,3-5,10H2,1-2H3,(H2,11,12,13,14). The number of rotatable bonds is 6. The molecule has 0 aliphatic rings. The molecule has 5 nitrogen and oxygen atoms in total. The van der Waals surface area contributed by atoms with Gasteiger partial charge in [0.25, 0.3) is 0 Å². The van der Waals surface area contributed by atoms with E-state index in [1.807, 2.05) is 0 Å². The van der Waals surface area contributed by atoms with E-state index in [1.165, 1.54) is 6.33 Å². The van der Waals surface area contributed by atoms with Gasteiger partial charge in [0.1, 0.15) is 18.0 Å². The van der Waals surface area contributed by atoms with E-state index in [0.29, 0.717) is 5.82 Å². The molecule has 6 heteroatoms. The van der Waals surface area contributed by atoms with Gasteiger partial charge in [0, 0.05) is 17.9 Å². The lowest BCUT2D eigenvalue weighted by Gasteiger charge is -2.11. The maximum Gasteiger partial charge on any atom is 0.148 e. The Balaban J connectivity index is 2.76. The Bertz CT molecular complexity index is 305. The van der Waals surface area contributed by atoms with Gasteiger partial charge < -0.3 is 10.7 Å². The van der Waals surface area contributed by atoms with Crippen molar-refractivity contribution in [2.75, 3.05) is 29.3 Å². The van der Waals surface area contributed by atoms with Gasteiger partial charge in [0.05, 0.1) is 0 Å². The third kappa shape index (κ3) is 3.24. The van der Waals surface area contributed by atoms with Gasteiger partial charge in [-0.25, -0.2) is 15.8 Å². The highest BCUT2D eigenvalue weighted by atomic mass is 32.2. The molecule has 0 unspecified atom stereocenters. The number of aromatic nitrogens is 2. The first-order valence-electron chi connectivity index (χ1n) is 4.86. The molecule has 0 saturated heterocycles. The third-order valence-corrected chi connectivity index (χ3v) is 2.65. The molecular weight excluding hydrogens is 210 g/mol. The normalized spacial score (nSPS) is 10.1. The van der Waals surface area contributed by atoms with Crippen LogP contribution in [-0.2, 0) is 6.42 Å². The summed E-state index contributed by atoms with van der Waals surface area (Å²) in [5.74, 6) is 8.00. The summed E-state index contributed by atoms with van der Waals surface area (Å²) < 4.78 is 0. The minimum atomic E-state index is 0.694. The zero-order valence-electron chi connectivity index (χ0n) is 9.08. The predicted molar refractivity (Wildman–Crippen MR) is 66.1 cm³/mol. The van der Waals surface area contributed by atoms with E-state index in [9.17, 15) is 0 Å². The lowest BCUT2D eigenvalue weighted by molar-refractivity contribution is 1.02. The number of anilines is 2. The molecule has 0 aliphatic heterocycles. The summed E-state index contributed by atoms with van der Waals surface area (Å²) in [6, 6.07) is 0. The highest BCUT2D eigenvalue weighted by Crippen LogP contribution is 2.19. The van der Waals surface area contributed by atoms with Gasteiger partial charge in [-0.1, -0.05) is 6.92 Å². The average molecular weight is 227 g/mol. The molecule has 0 radical (unpaired) electrons. The predicted octanol–water partition coefficient (Wildman–Crippen LogP) is 1.10. The molecule has 84 valence electrons. The van der Waals surface area contributed by atoms with Crippen LogP contribution in [0.2, 0.25) is 0 Å². The van der Waals surface area contributed by atoms with E-state index in [-0.39, 0.29) is 0 Å². The molecule has 0 bridgehead atoms. The second-order valence-corrected chi connectivity index (χ2v) is 3.95. The van der Waals surface area contributed by atoms with Crippen LogP contribution in [0.1, 0.15) is 12.5 Å². The van der Waals surface area contributed by atoms with Crippen molar-refractivity contribution >= 4 is 23.4 Å². The molecule has 0 amide bonds. The Hall–Kier alpha value is -1.01. The summed E-state index contributed by atoms with van der Waals surface area (Å²) in [5, 5.41) is 3.27. The van der Waals surface area contributed by atoms with Crippen LogP contribution in [0, 0.1) is 0 Å². The van der Waals surface area contributed by atoms with Crippen LogP contribution >= 0.6 is 11.8 Å². The molecule has 0 aromatic carbocycles. The third-order valence-electron chi connectivity index (χ3n) is 2.03. The fraction of sp³-hybridized carbons (Fsp3) is 0.556. The van der Waals surface area contributed by atoms with E-state index < -0.39 is 0 Å². The monoisotopic (exact) mass is 227 g/mol. The van der Waals surface area contributed by atoms with Gasteiger partial charge in [-0.05, 0) is 12.7 Å². The van der Waals surface area contributed by atoms with Crippen LogP contribution in [0.25, 0.3) is 0 Å². The van der Waals surface area contributed by atoms with Gasteiger partial charge in [-0.3, -0.25) is 0 Å². The van der Waals surface area contributed by atoms with Crippen molar-refractivity contribution < 1.29 is 0 Å². The van der Waals surface area contributed by atoms with Gasteiger partial charge in [0.2, 0.25) is 0 Å². The van der Waals surface area contributed by atoms with E-state index in [4.69, 9.17) is 5.84 Å². The maximum absolute atomic E-state index is 5.38. The fourth-order valence-electron chi connectivity index (χ4n) is 1.30.